The predicted molar refractivity (Wildman–Crippen MR) is 105 cm³/mol. The maximum Gasteiger partial charge on any atom is 0.120 e. The Morgan fingerprint density at radius 2 is 1.58 bits per heavy atom. The lowest BCUT2D eigenvalue weighted by atomic mass is 10.2. The molecule has 0 bridgehead atoms. The van der Waals surface area contributed by atoms with Crippen LogP contribution >= 0.6 is 11.6 Å². The molecule has 3 aromatic carbocycles. The monoisotopic (exact) mass is 368 g/mol. The Morgan fingerprint density at radius 3 is 2.35 bits per heavy atom. The first-order valence-electron chi connectivity index (χ1n) is 8.64. The summed E-state index contributed by atoms with van der Waals surface area (Å²) in [6.45, 7) is 2.29. The minimum atomic E-state index is 0.471. The molecule has 26 heavy (non-hydrogen) atoms. The summed E-state index contributed by atoms with van der Waals surface area (Å²) in [6, 6.07) is 24.1. The maximum absolute atomic E-state index is 6.17. The highest BCUT2D eigenvalue weighted by Gasteiger charge is 2.03. The first-order valence-corrected chi connectivity index (χ1v) is 9.02. The second-order valence-electron chi connectivity index (χ2n) is 6.07. The molecule has 0 aliphatic carbocycles. The molecular weight excluding hydrogens is 346 g/mol. The van der Waals surface area contributed by atoms with Crippen molar-refractivity contribution in [2.75, 3.05) is 7.11 Å². The first-order chi connectivity index (χ1) is 12.7. The van der Waals surface area contributed by atoms with E-state index in [2.05, 4.69) is 29.6 Å². The summed E-state index contributed by atoms with van der Waals surface area (Å²) in [4.78, 5) is 0. The Labute approximate surface area is 159 Å². The lowest BCUT2D eigenvalue weighted by Gasteiger charge is -2.09. The lowest BCUT2D eigenvalue weighted by molar-refractivity contribution is -0.686. The zero-order chi connectivity index (χ0) is 18.2. The number of ether oxygens (including phenoxy) is 2. The van der Waals surface area contributed by atoms with E-state index in [1.165, 1.54) is 11.1 Å². The summed E-state index contributed by atoms with van der Waals surface area (Å²) in [7, 11) is 1.68. The van der Waals surface area contributed by atoms with E-state index >= 15 is 0 Å². The second kappa shape index (κ2) is 9.27. The Kier molecular flexibility index (Phi) is 6.53. The highest BCUT2D eigenvalue weighted by molar-refractivity contribution is 6.31. The van der Waals surface area contributed by atoms with Gasteiger partial charge in [-0.3, -0.25) is 0 Å². The van der Waals surface area contributed by atoms with E-state index in [1.54, 1.807) is 7.11 Å². The van der Waals surface area contributed by atoms with Crippen LogP contribution in [0.15, 0.2) is 72.8 Å². The number of halogens is 1. The van der Waals surface area contributed by atoms with Crippen LogP contribution in [-0.4, -0.2) is 7.11 Å². The van der Waals surface area contributed by atoms with Crippen LogP contribution in [0.4, 0.5) is 0 Å². The predicted octanol–water partition coefficient (Wildman–Crippen LogP) is 4.19. The summed E-state index contributed by atoms with van der Waals surface area (Å²) in [5.74, 6) is 1.75. The van der Waals surface area contributed by atoms with Gasteiger partial charge in [0.2, 0.25) is 0 Å². The molecule has 4 heteroatoms. The molecule has 2 N–H and O–H groups in total. The van der Waals surface area contributed by atoms with E-state index in [1.807, 2.05) is 48.5 Å². The van der Waals surface area contributed by atoms with Crippen LogP contribution < -0.4 is 14.8 Å². The Hall–Kier alpha value is -2.49. The molecule has 0 fully saturated rings. The molecule has 0 amide bonds. The smallest absolute Gasteiger partial charge is 0.120 e. The summed E-state index contributed by atoms with van der Waals surface area (Å²) >= 11 is 6.17. The van der Waals surface area contributed by atoms with E-state index < -0.39 is 0 Å². The molecule has 0 unspecified atom stereocenters. The van der Waals surface area contributed by atoms with Crippen LogP contribution in [0, 0.1) is 0 Å². The summed E-state index contributed by atoms with van der Waals surface area (Å²) < 4.78 is 11.1. The Balaban J connectivity index is 1.51. The average molecular weight is 369 g/mol. The van der Waals surface area contributed by atoms with Crippen LogP contribution in [-0.2, 0) is 19.7 Å². The number of methoxy groups -OCH3 is 1. The summed E-state index contributed by atoms with van der Waals surface area (Å²) in [6.07, 6.45) is 0. The van der Waals surface area contributed by atoms with Crippen molar-refractivity contribution in [2.45, 2.75) is 19.7 Å². The van der Waals surface area contributed by atoms with Crippen molar-refractivity contribution in [3.05, 3.63) is 94.5 Å². The average Bonchev–Trinajstić information content (AvgIpc) is 2.68. The molecule has 0 aromatic heterocycles. The molecule has 134 valence electrons. The number of rotatable bonds is 8. The van der Waals surface area contributed by atoms with Gasteiger partial charge in [-0.15, -0.1) is 0 Å². The lowest BCUT2D eigenvalue weighted by Crippen LogP contribution is -2.80. The van der Waals surface area contributed by atoms with Crippen molar-refractivity contribution >= 4 is 11.6 Å². The molecule has 0 saturated heterocycles. The molecule has 0 aliphatic heterocycles. The third-order valence-corrected chi connectivity index (χ3v) is 4.54. The quantitative estimate of drug-likeness (QED) is 0.647. The molecule has 0 spiro atoms. The van der Waals surface area contributed by atoms with Gasteiger partial charge in [0.25, 0.3) is 0 Å². The van der Waals surface area contributed by atoms with E-state index in [4.69, 9.17) is 21.1 Å². The number of quaternary nitrogens is 1. The van der Waals surface area contributed by atoms with Gasteiger partial charge in [-0.25, -0.2) is 0 Å². The third-order valence-electron chi connectivity index (χ3n) is 4.17. The minimum Gasteiger partial charge on any atom is -0.497 e. The van der Waals surface area contributed by atoms with E-state index in [9.17, 15) is 0 Å². The molecule has 0 radical (unpaired) electrons. The molecule has 0 aliphatic rings. The minimum absolute atomic E-state index is 0.471. The van der Waals surface area contributed by atoms with Crippen molar-refractivity contribution in [3.63, 3.8) is 0 Å². The topological polar surface area (TPSA) is 35.1 Å². The molecule has 0 heterocycles. The van der Waals surface area contributed by atoms with Crippen molar-refractivity contribution in [1.29, 1.82) is 0 Å². The van der Waals surface area contributed by atoms with Gasteiger partial charge in [0.05, 0.1) is 7.11 Å². The number of nitrogens with two attached hydrogens (primary N) is 1. The van der Waals surface area contributed by atoms with Crippen molar-refractivity contribution in [2.24, 2.45) is 0 Å². The van der Waals surface area contributed by atoms with Gasteiger partial charge in [0.15, 0.2) is 0 Å². The molecular formula is C22H23ClNO2+. The van der Waals surface area contributed by atoms with Gasteiger partial charge in [-0.1, -0.05) is 41.9 Å². The fraction of sp³-hybridized carbons (Fsp3) is 0.182. The third kappa shape index (κ3) is 5.25. The zero-order valence-corrected chi connectivity index (χ0v) is 15.6. The molecule has 0 saturated carbocycles. The Morgan fingerprint density at radius 1 is 0.808 bits per heavy atom. The molecule has 3 rings (SSSR count). The van der Waals surface area contributed by atoms with Crippen LogP contribution in [0.1, 0.15) is 16.7 Å². The molecule has 0 atom stereocenters. The van der Waals surface area contributed by atoms with Crippen LogP contribution in [0.3, 0.4) is 0 Å². The number of hydrogen-bond acceptors (Lipinski definition) is 2. The highest BCUT2D eigenvalue weighted by atomic mass is 35.5. The standard InChI is InChI=1S/C22H22ClNO2/c1-25-20-11-9-17(10-12-20)14-24-15-18-5-4-7-21(13-18)26-16-19-6-2-3-8-22(19)23/h2-13,24H,14-16H2,1H3/p+1. The van der Waals surface area contributed by atoms with Gasteiger partial charge in [-0.2, -0.15) is 0 Å². The fourth-order valence-corrected chi connectivity index (χ4v) is 2.90. The van der Waals surface area contributed by atoms with Crippen LogP contribution in [0.5, 0.6) is 11.5 Å². The largest absolute Gasteiger partial charge is 0.497 e. The fourth-order valence-electron chi connectivity index (χ4n) is 2.71. The van der Waals surface area contributed by atoms with E-state index in [0.717, 1.165) is 35.2 Å². The number of hydrogen-bond donors (Lipinski definition) is 1. The summed E-state index contributed by atoms with van der Waals surface area (Å²) in [5, 5.41) is 3.01. The van der Waals surface area contributed by atoms with Crippen LogP contribution in [0.25, 0.3) is 0 Å². The normalized spacial score (nSPS) is 10.5. The maximum atomic E-state index is 6.17. The van der Waals surface area contributed by atoms with Gasteiger partial charge in [0, 0.05) is 21.7 Å². The SMILES string of the molecule is COc1ccc(C[NH2+]Cc2cccc(OCc3ccccc3Cl)c2)cc1. The molecule has 3 aromatic rings. The van der Waals surface area contributed by atoms with Crippen molar-refractivity contribution in [1.82, 2.24) is 0 Å². The first kappa shape index (κ1) is 18.3. The van der Waals surface area contributed by atoms with Crippen molar-refractivity contribution in [3.8, 4) is 11.5 Å². The van der Waals surface area contributed by atoms with Crippen molar-refractivity contribution < 1.29 is 14.8 Å². The van der Waals surface area contributed by atoms with Gasteiger partial charge < -0.3 is 14.8 Å². The van der Waals surface area contributed by atoms with Crippen LogP contribution in [0.2, 0.25) is 5.02 Å². The zero-order valence-electron chi connectivity index (χ0n) is 14.8. The van der Waals surface area contributed by atoms with Gasteiger partial charge in [-0.05, 0) is 42.5 Å². The summed E-state index contributed by atoms with van der Waals surface area (Å²) in [5.41, 5.74) is 3.50. The second-order valence-corrected chi connectivity index (χ2v) is 6.48. The van der Waals surface area contributed by atoms with E-state index in [-0.39, 0.29) is 0 Å². The van der Waals surface area contributed by atoms with Gasteiger partial charge >= 0.3 is 0 Å². The number of benzene rings is 3. The molecule has 3 nitrogen and oxygen atoms in total. The van der Waals surface area contributed by atoms with E-state index in [0.29, 0.717) is 6.61 Å². The highest BCUT2D eigenvalue weighted by Crippen LogP contribution is 2.19. The van der Waals surface area contributed by atoms with Gasteiger partial charge in [0.1, 0.15) is 31.2 Å². The Bertz CT molecular complexity index is 834.